The number of hydrogen-bond donors (Lipinski definition) is 0. The minimum Gasteiger partial charge on any atom is -0.466 e. The van der Waals surface area contributed by atoms with E-state index in [0.717, 1.165) is 5.69 Å². The Hall–Kier alpha value is -2.44. The first kappa shape index (κ1) is 14.0. The molecule has 7 heteroatoms. The van der Waals surface area contributed by atoms with E-state index in [-0.39, 0.29) is 5.97 Å². The highest BCUT2D eigenvalue weighted by molar-refractivity contribution is 5.70. The maximum atomic E-state index is 11.4. The van der Waals surface area contributed by atoms with Crippen LogP contribution in [0.5, 0.6) is 0 Å². The Balaban J connectivity index is 2.06. The number of benzene rings is 1. The number of carbonyl (C=O) groups is 1. The molecule has 0 bridgehead atoms. The highest BCUT2D eigenvalue weighted by Gasteiger charge is 2.14. The molecular formula is C13H17N5O2. The Morgan fingerprint density at radius 3 is 2.80 bits per heavy atom. The zero-order chi connectivity index (χ0) is 14.4. The van der Waals surface area contributed by atoms with Gasteiger partial charge < -0.3 is 9.64 Å². The highest BCUT2D eigenvalue weighted by Crippen LogP contribution is 2.13. The molecule has 0 N–H and O–H groups in total. The van der Waals surface area contributed by atoms with E-state index in [1.165, 1.54) is 0 Å². The molecule has 0 saturated carbocycles. The van der Waals surface area contributed by atoms with Crippen molar-refractivity contribution in [3.63, 3.8) is 0 Å². The number of para-hydroxylation sites is 1. The van der Waals surface area contributed by atoms with Crippen LogP contribution >= 0.6 is 0 Å². The normalized spacial score (nSPS) is 10.3. The average Bonchev–Trinajstić information content (AvgIpc) is 2.95. The number of aromatic nitrogens is 4. The number of anilines is 1. The summed E-state index contributed by atoms with van der Waals surface area (Å²) in [5, 5.41) is 11.6. The van der Waals surface area contributed by atoms with Crippen molar-refractivity contribution in [1.29, 1.82) is 0 Å². The molecule has 2 rings (SSSR count). The highest BCUT2D eigenvalue weighted by atomic mass is 16.5. The summed E-state index contributed by atoms with van der Waals surface area (Å²) in [7, 11) is 1.84. The molecule has 1 aromatic heterocycles. The van der Waals surface area contributed by atoms with Gasteiger partial charge in [0, 0.05) is 13.6 Å². The van der Waals surface area contributed by atoms with Gasteiger partial charge in [0.1, 0.15) is 0 Å². The number of tetrazole rings is 1. The number of ether oxygens (including phenoxy) is 1. The molecule has 0 spiro atoms. The summed E-state index contributed by atoms with van der Waals surface area (Å²) in [6.07, 6.45) is 0.298. The van der Waals surface area contributed by atoms with Gasteiger partial charge in [-0.15, -0.1) is 0 Å². The Morgan fingerprint density at radius 1 is 1.35 bits per heavy atom. The molecule has 20 heavy (non-hydrogen) atoms. The first-order valence-corrected chi connectivity index (χ1v) is 6.43. The van der Waals surface area contributed by atoms with Crippen LogP contribution in [0.15, 0.2) is 30.3 Å². The summed E-state index contributed by atoms with van der Waals surface area (Å²) < 4.78 is 6.53. The Labute approximate surface area is 117 Å². The van der Waals surface area contributed by atoms with Crippen LogP contribution < -0.4 is 4.90 Å². The Kier molecular flexibility index (Phi) is 4.65. The summed E-state index contributed by atoms with van der Waals surface area (Å²) in [6.45, 7) is 2.67. The minimum atomic E-state index is -0.224. The number of hydrogen-bond acceptors (Lipinski definition) is 6. The number of esters is 1. The minimum absolute atomic E-state index is 0.224. The van der Waals surface area contributed by atoms with Gasteiger partial charge >= 0.3 is 5.97 Å². The van der Waals surface area contributed by atoms with Crippen LogP contribution in [0.3, 0.4) is 0 Å². The van der Waals surface area contributed by atoms with E-state index < -0.39 is 0 Å². The molecule has 0 fully saturated rings. The zero-order valence-electron chi connectivity index (χ0n) is 11.6. The van der Waals surface area contributed by atoms with Crippen molar-refractivity contribution in [2.24, 2.45) is 0 Å². The van der Waals surface area contributed by atoms with Crippen molar-refractivity contribution in [2.45, 2.75) is 13.3 Å². The first-order valence-electron chi connectivity index (χ1n) is 6.43. The van der Waals surface area contributed by atoms with Crippen molar-refractivity contribution >= 4 is 11.9 Å². The summed E-state index contributed by atoms with van der Waals surface area (Å²) >= 11 is 0. The topological polar surface area (TPSA) is 73.1 Å². The van der Waals surface area contributed by atoms with Gasteiger partial charge in [0.2, 0.25) is 5.95 Å². The summed E-state index contributed by atoms with van der Waals surface area (Å²) in [4.78, 5) is 13.2. The van der Waals surface area contributed by atoms with E-state index >= 15 is 0 Å². The molecule has 0 aliphatic carbocycles. The fourth-order valence-corrected chi connectivity index (χ4v) is 1.75. The van der Waals surface area contributed by atoms with Crippen LogP contribution in [0, 0.1) is 0 Å². The van der Waals surface area contributed by atoms with Gasteiger partial charge in [-0.25, -0.2) is 0 Å². The van der Waals surface area contributed by atoms with Crippen LogP contribution in [0.25, 0.3) is 5.69 Å². The molecule has 2 aromatic rings. The number of nitrogens with zero attached hydrogens (tertiary/aromatic N) is 5. The molecule has 0 radical (unpaired) electrons. The molecule has 0 unspecified atom stereocenters. The lowest BCUT2D eigenvalue weighted by atomic mass is 10.3. The lowest BCUT2D eigenvalue weighted by Gasteiger charge is -2.17. The molecular weight excluding hydrogens is 258 g/mol. The van der Waals surface area contributed by atoms with Gasteiger partial charge in [-0.05, 0) is 29.5 Å². The van der Waals surface area contributed by atoms with Crippen molar-refractivity contribution in [3.8, 4) is 5.69 Å². The maximum absolute atomic E-state index is 11.4. The van der Waals surface area contributed by atoms with Crippen molar-refractivity contribution < 1.29 is 9.53 Å². The summed E-state index contributed by atoms with van der Waals surface area (Å²) in [6, 6.07) is 9.59. The fraction of sp³-hybridized carbons (Fsp3) is 0.385. The van der Waals surface area contributed by atoms with Crippen LogP contribution in [0.1, 0.15) is 13.3 Å². The molecule has 106 valence electrons. The smallest absolute Gasteiger partial charge is 0.307 e. The molecule has 1 heterocycles. The average molecular weight is 275 g/mol. The predicted molar refractivity (Wildman–Crippen MR) is 73.7 cm³/mol. The van der Waals surface area contributed by atoms with Gasteiger partial charge in [0.15, 0.2) is 0 Å². The van der Waals surface area contributed by atoms with Gasteiger partial charge in [-0.2, -0.15) is 4.68 Å². The van der Waals surface area contributed by atoms with E-state index in [9.17, 15) is 4.79 Å². The van der Waals surface area contributed by atoms with Crippen molar-refractivity contribution in [1.82, 2.24) is 20.2 Å². The maximum Gasteiger partial charge on any atom is 0.307 e. The Morgan fingerprint density at radius 2 is 2.10 bits per heavy atom. The van der Waals surface area contributed by atoms with Gasteiger partial charge in [0.05, 0.1) is 18.7 Å². The van der Waals surface area contributed by atoms with E-state index in [2.05, 4.69) is 15.5 Å². The fourth-order valence-electron chi connectivity index (χ4n) is 1.75. The number of rotatable bonds is 6. The van der Waals surface area contributed by atoms with Gasteiger partial charge in [-0.3, -0.25) is 4.79 Å². The first-order chi connectivity index (χ1) is 9.72. The van der Waals surface area contributed by atoms with Crippen LogP contribution in [0.2, 0.25) is 0 Å². The molecule has 0 saturated heterocycles. The summed E-state index contributed by atoms with van der Waals surface area (Å²) in [5.74, 6) is 0.360. The second kappa shape index (κ2) is 6.65. The van der Waals surface area contributed by atoms with Gasteiger partial charge in [0.25, 0.3) is 0 Å². The SMILES string of the molecule is CCOC(=O)CCN(C)c1nnnn1-c1ccccc1. The number of carbonyl (C=O) groups excluding carboxylic acids is 1. The Bertz CT molecular complexity index is 555. The second-order valence-electron chi connectivity index (χ2n) is 4.20. The molecule has 0 aliphatic rings. The monoisotopic (exact) mass is 275 g/mol. The quantitative estimate of drug-likeness (QED) is 0.734. The van der Waals surface area contributed by atoms with Crippen molar-refractivity contribution in [2.75, 3.05) is 25.1 Å². The van der Waals surface area contributed by atoms with E-state index in [4.69, 9.17) is 4.74 Å². The molecule has 7 nitrogen and oxygen atoms in total. The van der Waals surface area contributed by atoms with Crippen LogP contribution in [-0.4, -0.2) is 46.4 Å². The van der Waals surface area contributed by atoms with E-state index in [0.29, 0.717) is 25.5 Å². The molecule has 0 atom stereocenters. The second-order valence-corrected chi connectivity index (χ2v) is 4.20. The van der Waals surface area contributed by atoms with E-state index in [1.807, 2.05) is 42.3 Å². The predicted octanol–water partition coefficient (Wildman–Crippen LogP) is 1.05. The lowest BCUT2D eigenvalue weighted by molar-refractivity contribution is -0.142. The largest absolute Gasteiger partial charge is 0.466 e. The zero-order valence-corrected chi connectivity index (χ0v) is 11.6. The third-order valence-corrected chi connectivity index (χ3v) is 2.75. The van der Waals surface area contributed by atoms with Gasteiger partial charge in [-0.1, -0.05) is 23.3 Å². The lowest BCUT2D eigenvalue weighted by Crippen LogP contribution is -2.25. The third-order valence-electron chi connectivity index (χ3n) is 2.75. The van der Waals surface area contributed by atoms with Crippen LogP contribution in [0.4, 0.5) is 5.95 Å². The van der Waals surface area contributed by atoms with E-state index in [1.54, 1.807) is 11.6 Å². The molecule has 0 aliphatic heterocycles. The van der Waals surface area contributed by atoms with Crippen LogP contribution in [-0.2, 0) is 9.53 Å². The molecule has 0 amide bonds. The standard InChI is InChI=1S/C13H17N5O2/c1-3-20-12(19)9-10-17(2)13-14-15-16-18(13)11-7-5-4-6-8-11/h4-8H,3,9-10H2,1-2H3. The molecule has 1 aromatic carbocycles. The van der Waals surface area contributed by atoms with Crippen molar-refractivity contribution in [3.05, 3.63) is 30.3 Å². The third kappa shape index (κ3) is 3.31. The summed E-state index contributed by atoms with van der Waals surface area (Å²) in [5.41, 5.74) is 0.871.